The van der Waals surface area contributed by atoms with Gasteiger partial charge >= 0.3 is 12.1 Å². The Kier molecular flexibility index (Phi) is 3.20. The first kappa shape index (κ1) is 14.8. The fourth-order valence-corrected chi connectivity index (χ4v) is 2.19. The molecule has 3 aromatic rings. The van der Waals surface area contributed by atoms with Gasteiger partial charge in [0.05, 0.1) is 5.69 Å². The van der Waals surface area contributed by atoms with E-state index in [1.54, 1.807) is 12.1 Å². The van der Waals surface area contributed by atoms with E-state index >= 15 is 0 Å². The highest BCUT2D eigenvalue weighted by Gasteiger charge is 2.39. The third-order valence-corrected chi connectivity index (χ3v) is 3.26. The Labute approximate surface area is 127 Å². The molecule has 0 fully saturated rings. The number of carboxylic acids is 1. The predicted octanol–water partition coefficient (Wildman–Crippen LogP) is 2.72. The van der Waals surface area contributed by atoms with Crippen LogP contribution in [-0.2, 0) is 6.18 Å². The number of hydrogen-bond donors (Lipinski definition) is 2. The van der Waals surface area contributed by atoms with E-state index in [1.807, 2.05) is 0 Å². The number of aromatic nitrogens is 3. The molecule has 0 saturated carbocycles. The van der Waals surface area contributed by atoms with Crippen molar-refractivity contribution in [3.05, 3.63) is 47.9 Å². The molecule has 0 amide bonds. The average molecular weight is 322 g/mol. The van der Waals surface area contributed by atoms with Crippen LogP contribution in [0.5, 0.6) is 0 Å². The van der Waals surface area contributed by atoms with Gasteiger partial charge in [-0.05, 0) is 23.6 Å². The smallest absolute Gasteiger partial charge is 0.436 e. The van der Waals surface area contributed by atoms with Crippen molar-refractivity contribution in [2.45, 2.75) is 6.18 Å². The quantitative estimate of drug-likeness (QED) is 0.756. The Morgan fingerprint density at radius 1 is 1.26 bits per heavy atom. The van der Waals surface area contributed by atoms with E-state index in [4.69, 9.17) is 10.8 Å². The van der Waals surface area contributed by atoms with Crippen molar-refractivity contribution in [3.63, 3.8) is 0 Å². The molecular formula is C14H9F3N4O2. The maximum absolute atomic E-state index is 12.9. The minimum atomic E-state index is -4.86. The number of hydrogen-bond acceptors (Lipinski definition) is 4. The number of benzene rings is 1. The molecular weight excluding hydrogens is 313 g/mol. The first-order valence-corrected chi connectivity index (χ1v) is 6.32. The number of halogens is 3. The van der Waals surface area contributed by atoms with Crippen molar-refractivity contribution in [2.75, 3.05) is 5.73 Å². The van der Waals surface area contributed by atoms with E-state index in [9.17, 15) is 18.0 Å². The number of carboxylic acid groups (broad SMARTS) is 1. The molecule has 118 valence electrons. The minimum Gasteiger partial charge on any atom is -0.478 e. The number of alkyl halides is 3. The van der Waals surface area contributed by atoms with Crippen molar-refractivity contribution in [1.82, 2.24) is 14.8 Å². The Bertz CT molecular complexity index is 918. The highest BCUT2D eigenvalue weighted by Crippen LogP contribution is 2.32. The third kappa shape index (κ3) is 2.56. The Morgan fingerprint density at radius 3 is 2.61 bits per heavy atom. The Hall–Kier alpha value is -3.10. The van der Waals surface area contributed by atoms with Gasteiger partial charge in [-0.3, -0.25) is 0 Å². The van der Waals surface area contributed by atoms with E-state index in [1.165, 1.54) is 18.3 Å². The van der Waals surface area contributed by atoms with Crippen molar-refractivity contribution in [1.29, 1.82) is 0 Å². The van der Waals surface area contributed by atoms with E-state index in [2.05, 4.69) is 10.1 Å². The van der Waals surface area contributed by atoms with Crippen LogP contribution >= 0.6 is 0 Å². The highest BCUT2D eigenvalue weighted by molar-refractivity contribution is 5.92. The molecule has 23 heavy (non-hydrogen) atoms. The summed E-state index contributed by atoms with van der Waals surface area (Å²) in [5.74, 6) is -1.49. The number of nitrogen functional groups attached to an aromatic ring is 1. The van der Waals surface area contributed by atoms with Gasteiger partial charge in [0, 0.05) is 17.8 Å². The number of carbonyl (C=O) groups is 1. The van der Waals surface area contributed by atoms with Crippen molar-refractivity contribution in [2.24, 2.45) is 0 Å². The number of nitrogens with two attached hydrogens (primary N) is 1. The van der Waals surface area contributed by atoms with Gasteiger partial charge in [-0.1, -0.05) is 6.07 Å². The summed E-state index contributed by atoms with van der Waals surface area (Å²) in [6, 6.07) is 6.34. The number of anilines is 1. The second-order valence-electron chi connectivity index (χ2n) is 4.74. The molecule has 0 radical (unpaired) electrons. The van der Waals surface area contributed by atoms with Crippen LogP contribution in [0.15, 0.2) is 36.7 Å². The zero-order chi connectivity index (χ0) is 16.8. The van der Waals surface area contributed by atoms with Gasteiger partial charge in [0.1, 0.15) is 11.4 Å². The summed E-state index contributed by atoms with van der Waals surface area (Å²) in [6.07, 6.45) is -2.54. The zero-order valence-electron chi connectivity index (χ0n) is 11.4. The van der Waals surface area contributed by atoms with Gasteiger partial charge in [-0.25, -0.2) is 14.5 Å². The Morgan fingerprint density at radius 2 is 2.00 bits per heavy atom. The molecule has 0 aliphatic heterocycles. The monoisotopic (exact) mass is 322 g/mol. The van der Waals surface area contributed by atoms with Crippen LogP contribution in [0.4, 0.5) is 19.0 Å². The van der Waals surface area contributed by atoms with Crippen LogP contribution in [-0.4, -0.2) is 25.8 Å². The van der Waals surface area contributed by atoms with E-state index in [-0.39, 0.29) is 11.5 Å². The van der Waals surface area contributed by atoms with Gasteiger partial charge in [0.15, 0.2) is 5.69 Å². The average Bonchev–Trinajstić information content (AvgIpc) is 2.93. The molecule has 0 bridgehead atoms. The number of fused-ring (bicyclic) bond motifs is 1. The van der Waals surface area contributed by atoms with E-state index < -0.39 is 23.4 Å². The molecule has 3 rings (SSSR count). The zero-order valence-corrected chi connectivity index (χ0v) is 11.4. The topological polar surface area (TPSA) is 94.0 Å². The lowest BCUT2D eigenvalue weighted by Crippen LogP contribution is -2.12. The lowest BCUT2D eigenvalue weighted by molar-refractivity contribution is -0.141. The fraction of sp³-hybridized carbons (Fsp3) is 0.0714. The summed E-state index contributed by atoms with van der Waals surface area (Å²) in [7, 11) is 0. The van der Waals surface area contributed by atoms with Crippen LogP contribution in [0.1, 0.15) is 16.1 Å². The second kappa shape index (κ2) is 4.97. The standard InChI is InChI=1S/C14H9F3N4O2/c15-14(16,17)11-10(13(22)23)6-21(20-11)8-2-1-7-3-4-19-12(18)9(7)5-8/h1-6H,(H2,18,19)(H,22,23). The molecule has 0 aliphatic rings. The molecule has 0 aliphatic carbocycles. The second-order valence-corrected chi connectivity index (χ2v) is 4.74. The lowest BCUT2D eigenvalue weighted by Gasteiger charge is -2.06. The SMILES string of the molecule is Nc1nccc2ccc(-n3cc(C(=O)O)c(C(F)(F)F)n3)cc12. The molecule has 0 atom stereocenters. The van der Waals surface area contributed by atoms with E-state index in [0.29, 0.717) is 5.39 Å². The summed E-state index contributed by atoms with van der Waals surface area (Å²) in [5, 5.41) is 13.6. The van der Waals surface area contributed by atoms with Crippen molar-refractivity contribution >= 4 is 22.6 Å². The van der Waals surface area contributed by atoms with Crippen molar-refractivity contribution < 1.29 is 23.1 Å². The maximum Gasteiger partial charge on any atom is 0.436 e. The van der Waals surface area contributed by atoms with Gasteiger partial charge < -0.3 is 10.8 Å². The van der Waals surface area contributed by atoms with Crippen LogP contribution < -0.4 is 5.73 Å². The lowest BCUT2D eigenvalue weighted by atomic mass is 10.1. The largest absolute Gasteiger partial charge is 0.478 e. The number of nitrogens with zero attached hydrogens (tertiary/aromatic N) is 3. The van der Waals surface area contributed by atoms with Crippen LogP contribution in [0.25, 0.3) is 16.5 Å². The van der Waals surface area contributed by atoms with Gasteiger partial charge in [-0.15, -0.1) is 0 Å². The highest BCUT2D eigenvalue weighted by atomic mass is 19.4. The molecule has 0 unspecified atom stereocenters. The number of aromatic carboxylic acids is 1. The maximum atomic E-state index is 12.9. The molecule has 3 N–H and O–H groups in total. The number of rotatable bonds is 2. The number of pyridine rings is 1. The summed E-state index contributed by atoms with van der Waals surface area (Å²) in [4.78, 5) is 14.9. The van der Waals surface area contributed by atoms with Crippen LogP contribution in [0, 0.1) is 0 Å². The molecule has 0 saturated heterocycles. The third-order valence-electron chi connectivity index (χ3n) is 3.26. The molecule has 2 aromatic heterocycles. The summed E-state index contributed by atoms with van der Waals surface area (Å²) in [6.45, 7) is 0. The molecule has 9 heteroatoms. The van der Waals surface area contributed by atoms with Crippen LogP contribution in [0.2, 0.25) is 0 Å². The first-order chi connectivity index (χ1) is 10.8. The van der Waals surface area contributed by atoms with Gasteiger partial charge in [0.2, 0.25) is 0 Å². The Balaban J connectivity index is 2.19. The summed E-state index contributed by atoms with van der Waals surface area (Å²) >= 11 is 0. The molecule has 2 heterocycles. The summed E-state index contributed by atoms with van der Waals surface area (Å²) in [5.41, 5.74) is 3.61. The van der Waals surface area contributed by atoms with Crippen LogP contribution in [0.3, 0.4) is 0 Å². The van der Waals surface area contributed by atoms with Gasteiger partial charge in [-0.2, -0.15) is 18.3 Å². The minimum absolute atomic E-state index is 0.214. The summed E-state index contributed by atoms with van der Waals surface area (Å²) < 4.78 is 39.5. The first-order valence-electron chi connectivity index (χ1n) is 6.32. The van der Waals surface area contributed by atoms with Gasteiger partial charge in [0.25, 0.3) is 0 Å². The normalized spacial score (nSPS) is 11.8. The fourth-order valence-electron chi connectivity index (χ4n) is 2.19. The molecule has 1 aromatic carbocycles. The van der Waals surface area contributed by atoms with E-state index in [0.717, 1.165) is 16.3 Å². The predicted molar refractivity (Wildman–Crippen MR) is 75.2 cm³/mol. The molecule has 6 nitrogen and oxygen atoms in total. The molecule has 0 spiro atoms. The van der Waals surface area contributed by atoms with Crippen molar-refractivity contribution in [3.8, 4) is 5.69 Å².